The van der Waals surface area contributed by atoms with Crippen molar-refractivity contribution in [3.8, 4) is 11.4 Å². The van der Waals surface area contributed by atoms with Crippen LogP contribution >= 0.6 is 10.6 Å². The van der Waals surface area contributed by atoms with Crippen LogP contribution < -0.4 is 15.5 Å². The number of carbonyl (C=O) groups is 1. The van der Waals surface area contributed by atoms with Crippen LogP contribution in [0.5, 0.6) is 0 Å². The lowest BCUT2D eigenvalue weighted by atomic mass is 10.2. The van der Waals surface area contributed by atoms with Crippen LogP contribution in [0.1, 0.15) is 12.1 Å². The molecule has 10 nitrogen and oxygen atoms in total. The van der Waals surface area contributed by atoms with Crippen molar-refractivity contribution < 1.29 is 23.4 Å². The first-order valence-corrected chi connectivity index (χ1v) is 12.5. The minimum Gasteiger partial charge on any atom is -0.385 e. The fourth-order valence-electron chi connectivity index (χ4n) is 3.22. The molecule has 3 rings (SSSR count). The average molecular weight is 466 g/mol. The molecule has 2 amide bonds. The number of hydrogen-bond donors (Lipinski definition) is 4. The van der Waals surface area contributed by atoms with Crippen molar-refractivity contribution in [1.29, 1.82) is 0 Å². The van der Waals surface area contributed by atoms with Gasteiger partial charge in [-0.05, 0) is 30.7 Å². The Labute approximate surface area is 189 Å². The predicted octanol–water partition coefficient (Wildman–Crippen LogP) is 3.02. The van der Waals surface area contributed by atoms with Gasteiger partial charge in [-0.25, -0.2) is 14.8 Å². The first kappa shape index (κ1) is 24.2. The van der Waals surface area contributed by atoms with Gasteiger partial charge in [0.1, 0.15) is 5.82 Å². The number of aromatic nitrogens is 2. The normalized spacial score (nSPS) is 14.8. The molecule has 0 atom stereocenters. The van der Waals surface area contributed by atoms with Gasteiger partial charge in [-0.2, -0.15) is 10.6 Å². The Morgan fingerprint density at radius 2 is 1.94 bits per heavy atom. The molecule has 1 aliphatic rings. The molecule has 1 fully saturated rings. The molecule has 0 radical (unpaired) electrons. The largest absolute Gasteiger partial charge is 0.385 e. The highest BCUT2D eigenvalue weighted by Gasteiger charge is 2.18. The van der Waals surface area contributed by atoms with Gasteiger partial charge in [-0.15, -0.1) is 0 Å². The second kappa shape index (κ2) is 11.4. The van der Waals surface area contributed by atoms with Crippen molar-refractivity contribution in [3.05, 3.63) is 36.0 Å². The molecule has 2 heterocycles. The molecule has 0 saturated carbocycles. The third-order valence-corrected chi connectivity index (χ3v) is 5.58. The number of anilines is 2. The van der Waals surface area contributed by atoms with Gasteiger partial charge in [0.25, 0.3) is 0 Å². The maximum absolute atomic E-state index is 12.0. The van der Waals surface area contributed by atoms with Crippen molar-refractivity contribution in [2.45, 2.75) is 12.2 Å². The smallest absolute Gasteiger partial charge is 0.319 e. The van der Waals surface area contributed by atoms with Crippen LogP contribution in [0.15, 0.2) is 30.3 Å². The molecule has 1 aromatic heterocycles. The van der Waals surface area contributed by atoms with Crippen LogP contribution in [0.2, 0.25) is 0 Å². The molecule has 4 N–H and O–H groups in total. The van der Waals surface area contributed by atoms with Gasteiger partial charge in [-0.1, -0.05) is 0 Å². The van der Waals surface area contributed by atoms with Crippen molar-refractivity contribution >= 4 is 28.1 Å². The van der Waals surface area contributed by atoms with Crippen LogP contribution in [0.25, 0.3) is 11.4 Å². The number of urea groups is 1. The Hall–Kier alpha value is -2.44. The number of hydrogen-bond acceptors (Lipinski definition) is 8. The van der Waals surface area contributed by atoms with Crippen molar-refractivity contribution in [3.63, 3.8) is 0 Å². The van der Waals surface area contributed by atoms with Gasteiger partial charge < -0.3 is 25.0 Å². The second-order valence-corrected chi connectivity index (χ2v) is 9.86. The highest BCUT2D eigenvalue weighted by Crippen LogP contribution is 2.38. The number of nitrogens with one attached hydrogen (secondary N) is 2. The summed E-state index contributed by atoms with van der Waals surface area (Å²) in [5, 5.41) is 5.56. The van der Waals surface area contributed by atoms with E-state index in [9.17, 15) is 13.9 Å². The molecule has 0 aliphatic carbocycles. The topological polar surface area (TPSA) is 129 Å². The summed E-state index contributed by atoms with van der Waals surface area (Å²) in [4.78, 5) is 23.3. The molecule has 2 aromatic rings. The summed E-state index contributed by atoms with van der Waals surface area (Å²) in [6, 6.07) is 8.73. The van der Waals surface area contributed by atoms with E-state index in [1.807, 2.05) is 12.1 Å². The van der Waals surface area contributed by atoms with E-state index in [4.69, 9.17) is 14.5 Å². The van der Waals surface area contributed by atoms with Crippen LogP contribution in [0.4, 0.5) is 16.3 Å². The average Bonchev–Trinajstić information content (AvgIpc) is 2.76. The minimum atomic E-state index is -2.75. The number of ether oxygens (including phenoxy) is 2. The lowest BCUT2D eigenvalue weighted by Crippen LogP contribution is -2.37. The SMILES string of the molecule is COCCCNC(=O)Nc1ccc(-c2nc(CS(C)(O)O)cc(N3CCOCC3)n2)cc1. The van der Waals surface area contributed by atoms with E-state index in [1.54, 1.807) is 25.3 Å². The molecule has 1 saturated heterocycles. The fraction of sp³-hybridized carbons (Fsp3) is 0.476. The molecule has 1 aromatic carbocycles. The first-order valence-electron chi connectivity index (χ1n) is 10.4. The minimum absolute atomic E-state index is 0.0583. The van der Waals surface area contributed by atoms with Crippen molar-refractivity contribution in [1.82, 2.24) is 15.3 Å². The van der Waals surface area contributed by atoms with Crippen molar-refractivity contribution in [2.75, 3.05) is 63.0 Å². The lowest BCUT2D eigenvalue weighted by Gasteiger charge is -2.30. The summed E-state index contributed by atoms with van der Waals surface area (Å²) in [6.45, 7) is 3.77. The summed E-state index contributed by atoms with van der Waals surface area (Å²) in [7, 11) is -1.13. The molecular formula is C21H31N5O5S. The van der Waals surface area contributed by atoms with E-state index in [0.717, 1.165) is 17.8 Å². The zero-order chi connectivity index (χ0) is 23.0. The monoisotopic (exact) mass is 465 g/mol. The number of rotatable bonds is 9. The Bertz CT molecular complexity index is 885. The molecule has 176 valence electrons. The number of carbonyl (C=O) groups excluding carboxylic acids is 1. The number of methoxy groups -OCH3 is 1. The van der Waals surface area contributed by atoms with Crippen LogP contribution in [-0.4, -0.2) is 77.9 Å². The maximum atomic E-state index is 12.0. The molecule has 0 unspecified atom stereocenters. The first-order chi connectivity index (χ1) is 15.3. The summed E-state index contributed by atoms with van der Waals surface area (Å²) < 4.78 is 30.3. The highest BCUT2D eigenvalue weighted by atomic mass is 32.3. The van der Waals surface area contributed by atoms with Gasteiger partial charge in [0.2, 0.25) is 0 Å². The number of morpholine rings is 1. The van der Waals surface area contributed by atoms with Crippen LogP contribution in [-0.2, 0) is 15.2 Å². The van der Waals surface area contributed by atoms with E-state index >= 15 is 0 Å². The third kappa shape index (κ3) is 7.61. The van der Waals surface area contributed by atoms with Crippen LogP contribution in [0.3, 0.4) is 0 Å². The predicted molar refractivity (Wildman–Crippen MR) is 126 cm³/mol. The van der Waals surface area contributed by atoms with E-state index in [1.165, 1.54) is 6.26 Å². The molecular weight excluding hydrogens is 434 g/mol. The third-order valence-electron chi connectivity index (χ3n) is 4.73. The highest BCUT2D eigenvalue weighted by molar-refractivity contribution is 8.23. The molecule has 11 heteroatoms. The van der Waals surface area contributed by atoms with E-state index in [0.29, 0.717) is 56.7 Å². The zero-order valence-electron chi connectivity index (χ0n) is 18.4. The number of amides is 2. The Kier molecular flexibility index (Phi) is 8.65. The van der Waals surface area contributed by atoms with E-state index in [-0.39, 0.29) is 11.8 Å². The molecule has 32 heavy (non-hydrogen) atoms. The maximum Gasteiger partial charge on any atom is 0.319 e. The Morgan fingerprint density at radius 1 is 1.22 bits per heavy atom. The summed E-state index contributed by atoms with van der Waals surface area (Å²) in [6.07, 6.45) is 2.15. The zero-order valence-corrected chi connectivity index (χ0v) is 19.2. The van der Waals surface area contributed by atoms with Gasteiger partial charge in [-0.3, -0.25) is 9.11 Å². The lowest BCUT2D eigenvalue weighted by molar-refractivity contribution is 0.122. The Balaban J connectivity index is 1.75. The fourth-order valence-corrected chi connectivity index (χ4v) is 3.93. The molecule has 0 bridgehead atoms. The van der Waals surface area contributed by atoms with Gasteiger partial charge in [0.15, 0.2) is 5.82 Å². The van der Waals surface area contributed by atoms with Crippen LogP contribution in [0, 0.1) is 0 Å². The standard InChI is InChI=1S/C21H31N5O5S/c1-30-11-3-8-22-21(27)24-17-6-4-16(5-7-17)20-23-18(15-32(2,28)29)14-19(25-20)26-9-12-31-13-10-26/h4-7,14,28-29H,3,8-13,15H2,1-2H3,(H2,22,24,27). The summed E-state index contributed by atoms with van der Waals surface area (Å²) in [5.41, 5.74) is 1.97. The van der Waals surface area contributed by atoms with Gasteiger partial charge >= 0.3 is 6.03 Å². The van der Waals surface area contributed by atoms with Gasteiger partial charge in [0.05, 0.1) is 24.7 Å². The quantitative estimate of drug-likeness (QED) is 0.416. The van der Waals surface area contributed by atoms with Gasteiger partial charge in [0, 0.05) is 56.9 Å². The van der Waals surface area contributed by atoms with E-state index < -0.39 is 10.6 Å². The Morgan fingerprint density at radius 3 is 2.59 bits per heavy atom. The summed E-state index contributed by atoms with van der Waals surface area (Å²) in [5.74, 6) is 1.28. The van der Waals surface area contributed by atoms with Crippen molar-refractivity contribution in [2.24, 2.45) is 0 Å². The number of benzene rings is 1. The van der Waals surface area contributed by atoms with E-state index in [2.05, 4.69) is 20.5 Å². The molecule has 1 aliphatic heterocycles. The summed E-state index contributed by atoms with van der Waals surface area (Å²) >= 11 is 0. The molecule has 0 spiro atoms. The number of nitrogens with zero attached hydrogens (tertiary/aromatic N) is 3. The second-order valence-electron chi connectivity index (χ2n) is 7.58.